The Labute approximate surface area is 91.3 Å². The van der Waals surface area contributed by atoms with E-state index in [9.17, 15) is 0 Å². The summed E-state index contributed by atoms with van der Waals surface area (Å²) in [6, 6.07) is 0.676. The molecule has 4 heteroatoms. The van der Waals surface area contributed by atoms with Gasteiger partial charge in [0.15, 0.2) is 0 Å². The van der Waals surface area contributed by atoms with Gasteiger partial charge in [0.1, 0.15) is 5.82 Å². The van der Waals surface area contributed by atoms with Gasteiger partial charge in [-0.25, -0.2) is 4.98 Å². The zero-order valence-corrected chi connectivity index (χ0v) is 9.61. The van der Waals surface area contributed by atoms with Crippen LogP contribution in [0.1, 0.15) is 19.2 Å². The van der Waals surface area contributed by atoms with Gasteiger partial charge in [-0.3, -0.25) is 4.90 Å². The number of nitrogens with zero attached hydrogens (tertiary/aromatic N) is 3. The Bertz CT molecular complexity index is 307. The molecule has 4 nitrogen and oxygen atoms in total. The Morgan fingerprint density at radius 3 is 3.13 bits per heavy atom. The molecule has 1 aromatic heterocycles. The molecule has 1 aliphatic rings. The summed E-state index contributed by atoms with van der Waals surface area (Å²) in [7, 11) is 2.06. The fraction of sp³-hybridized carbons (Fsp3) is 0.727. The number of aryl methyl sites for hydroxylation is 1. The van der Waals surface area contributed by atoms with Crippen molar-refractivity contribution in [1.82, 2.24) is 19.8 Å². The highest BCUT2D eigenvalue weighted by Gasteiger charge is 2.22. The minimum absolute atomic E-state index is 0.676. The topological polar surface area (TPSA) is 33.1 Å². The van der Waals surface area contributed by atoms with Crippen LogP contribution >= 0.6 is 0 Å². The van der Waals surface area contributed by atoms with E-state index < -0.39 is 0 Å². The van der Waals surface area contributed by atoms with Crippen molar-refractivity contribution in [2.24, 2.45) is 7.05 Å². The number of likely N-dealkylation sites (tertiary alicyclic amines) is 1. The van der Waals surface area contributed by atoms with Gasteiger partial charge in [0.2, 0.25) is 0 Å². The second kappa shape index (κ2) is 4.77. The lowest BCUT2D eigenvalue weighted by Crippen LogP contribution is -2.32. The molecule has 15 heavy (non-hydrogen) atoms. The Kier molecular flexibility index (Phi) is 3.38. The summed E-state index contributed by atoms with van der Waals surface area (Å²) < 4.78 is 2.10. The molecule has 0 spiro atoms. The molecule has 1 aromatic rings. The molecular formula is C11H20N4. The first kappa shape index (κ1) is 10.6. The van der Waals surface area contributed by atoms with Crippen molar-refractivity contribution in [3.63, 3.8) is 0 Å². The van der Waals surface area contributed by atoms with E-state index in [1.807, 2.05) is 12.4 Å². The standard InChI is InChI=1S/C11H20N4/c1-3-12-10-4-6-15(8-10)9-11-13-5-7-14(11)2/h5,7,10,12H,3-4,6,8-9H2,1-2H3. The van der Waals surface area contributed by atoms with Crippen molar-refractivity contribution in [3.05, 3.63) is 18.2 Å². The van der Waals surface area contributed by atoms with Gasteiger partial charge >= 0.3 is 0 Å². The molecule has 1 N–H and O–H groups in total. The van der Waals surface area contributed by atoms with Crippen LogP contribution in [0.15, 0.2) is 12.4 Å². The fourth-order valence-electron chi connectivity index (χ4n) is 2.18. The van der Waals surface area contributed by atoms with E-state index >= 15 is 0 Å². The normalized spacial score (nSPS) is 22.4. The SMILES string of the molecule is CCNC1CCN(Cc2nccn2C)C1. The monoisotopic (exact) mass is 208 g/mol. The molecule has 1 atom stereocenters. The average Bonchev–Trinajstić information content (AvgIpc) is 2.79. The van der Waals surface area contributed by atoms with Crippen LogP contribution in [-0.2, 0) is 13.6 Å². The molecule has 2 rings (SSSR count). The van der Waals surface area contributed by atoms with Crippen molar-refractivity contribution >= 4 is 0 Å². The van der Waals surface area contributed by atoms with E-state index in [0.29, 0.717) is 6.04 Å². The first-order chi connectivity index (χ1) is 7.29. The predicted molar refractivity (Wildman–Crippen MR) is 60.6 cm³/mol. The van der Waals surface area contributed by atoms with Gasteiger partial charge in [-0.15, -0.1) is 0 Å². The second-order valence-electron chi connectivity index (χ2n) is 4.23. The van der Waals surface area contributed by atoms with Gasteiger partial charge in [0, 0.05) is 38.6 Å². The molecule has 84 valence electrons. The first-order valence-corrected chi connectivity index (χ1v) is 5.71. The number of nitrogens with one attached hydrogen (secondary N) is 1. The van der Waals surface area contributed by atoms with Crippen LogP contribution in [0.3, 0.4) is 0 Å². The van der Waals surface area contributed by atoms with Crippen LogP contribution < -0.4 is 5.32 Å². The lowest BCUT2D eigenvalue weighted by molar-refractivity contribution is 0.309. The minimum Gasteiger partial charge on any atom is -0.337 e. The lowest BCUT2D eigenvalue weighted by Gasteiger charge is -2.15. The third-order valence-electron chi connectivity index (χ3n) is 3.05. The number of likely N-dealkylation sites (N-methyl/N-ethyl adjacent to an activating group) is 1. The Morgan fingerprint density at radius 2 is 2.47 bits per heavy atom. The summed E-state index contributed by atoms with van der Waals surface area (Å²) in [5.41, 5.74) is 0. The molecule has 1 aliphatic heterocycles. The minimum atomic E-state index is 0.676. The number of rotatable bonds is 4. The average molecular weight is 208 g/mol. The molecule has 0 aromatic carbocycles. The summed E-state index contributed by atoms with van der Waals surface area (Å²) in [5, 5.41) is 3.50. The summed E-state index contributed by atoms with van der Waals surface area (Å²) in [6.07, 6.45) is 5.14. The van der Waals surface area contributed by atoms with Crippen molar-refractivity contribution in [2.75, 3.05) is 19.6 Å². The van der Waals surface area contributed by atoms with Gasteiger partial charge in [0.05, 0.1) is 6.54 Å². The maximum atomic E-state index is 4.35. The van der Waals surface area contributed by atoms with E-state index in [4.69, 9.17) is 0 Å². The first-order valence-electron chi connectivity index (χ1n) is 5.71. The van der Waals surface area contributed by atoms with Crippen LogP contribution in [0.25, 0.3) is 0 Å². The summed E-state index contributed by atoms with van der Waals surface area (Å²) in [5.74, 6) is 1.16. The van der Waals surface area contributed by atoms with E-state index in [2.05, 4.69) is 33.7 Å². The lowest BCUT2D eigenvalue weighted by atomic mass is 10.3. The summed E-state index contributed by atoms with van der Waals surface area (Å²) in [4.78, 5) is 6.82. The Balaban J connectivity index is 1.85. The number of imidazole rings is 1. The van der Waals surface area contributed by atoms with Gasteiger partial charge in [-0.05, 0) is 13.0 Å². The van der Waals surface area contributed by atoms with Crippen LogP contribution in [0, 0.1) is 0 Å². The molecule has 0 bridgehead atoms. The largest absolute Gasteiger partial charge is 0.337 e. The molecule has 1 fully saturated rings. The molecular weight excluding hydrogens is 188 g/mol. The molecule has 0 aliphatic carbocycles. The van der Waals surface area contributed by atoms with Crippen LogP contribution in [0.2, 0.25) is 0 Å². The number of hydrogen-bond donors (Lipinski definition) is 1. The van der Waals surface area contributed by atoms with Crippen molar-refractivity contribution in [1.29, 1.82) is 0 Å². The molecule has 0 amide bonds. The highest BCUT2D eigenvalue weighted by molar-refractivity contribution is 4.93. The van der Waals surface area contributed by atoms with Crippen LogP contribution in [0.5, 0.6) is 0 Å². The van der Waals surface area contributed by atoms with Gasteiger partial charge in [0.25, 0.3) is 0 Å². The zero-order valence-electron chi connectivity index (χ0n) is 9.61. The third-order valence-corrected chi connectivity index (χ3v) is 3.05. The fourth-order valence-corrected chi connectivity index (χ4v) is 2.18. The summed E-state index contributed by atoms with van der Waals surface area (Å²) in [6.45, 7) is 6.55. The Hall–Kier alpha value is -0.870. The van der Waals surface area contributed by atoms with Crippen molar-refractivity contribution < 1.29 is 0 Å². The Morgan fingerprint density at radius 1 is 1.60 bits per heavy atom. The molecule has 0 radical (unpaired) electrons. The zero-order chi connectivity index (χ0) is 10.7. The van der Waals surface area contributed by atoms with Gasteiger partial charge in [-0.2, -0.15) is 0 Å². The van der Waals surface area contributed by atoms with Gasteiger partial charge < -0.3 is 9.88 Å². The van der Waals surface area contributed by atoms with E-state index in [-0.39, 0.29) is 0 Å². The predicted octanol–water partition coefficient (Wildman–Crippen LogP) is 0.604. The van der Waals surface area contributed by atoms with Gasteiger partial charge in [-0.1, -0.05) is 6.92 Å². The molecule has 1 unspecified atom stereocenters. The highest BCUT2D eigenvalue weighted by atomic mass is 15.2. The van der Waals surface area contributed by atoms with Crippen LogP contribution in [-0.4, -0.2) is 40.1 Å². The van der Waals surface area contributed by atoms with E-state index in [0.717, 1.165) is 25.5 Å². The molecule has 0 saturated carbocycles. The van der Waals surface area contributed by atoms with Crippen molar-refractivity contribution in [3.8, 4) is 0 Å². The maximum Gasteiger partial charge on any atom is 0.122 e. The van der Waals surface area contributed by atoms with E-state index in [1.54, 1.807) is 0 Å². The second-order valence-corrected chi connectivity index (χ2v) is 4.23. The smallest absolute Gasteiger partial charge is 0.122 e. The van der Waals surface area contributed by atoms with Crippen molar-refractivity contribution in [2.45, 2.75) is 25.9 Å². The number of hydrogen-bond acceptors (Lipinski definition) is 3. The van der Waals surface area contributed by atoms with Crippen LogP contribution in [0.4, 0.5) is 0 Å². The third kappa shape index (κ3) is 2.58. The molecule has 1 saturated heterocycles. The summed E-state index contributed by atoms with van der Waals surface area (Å²) >= 11 is 0. The highest BCUT2D eigenvalue weighted by Crippen LogP contribution is 2.11. The maximum absolute atomic E-state index is 4.35. The quantitative estimate of drug-likeness (QED) is 0.787. The molecule has 2 heterocycles. The van der Waals surface area contributed by atoms with E-state index in [1.165, 1.54) is 13.0 Å². The number of aromatic nitrogens is 2.